The van der Waals surface area contributed by atoms with Gasteiger partial charge in [-0.25, -0.2) is 0 Å². The minimum absolute atomic E-state index is 0.429. The number of benzene rings is 1. The molecule has 4 heteroatoms. The predicted octanol–water partition coefficient (Wildman–Crippen LogP) is 5.43. The maximum atomic E-state index is 11.8. The first-order valence-electron chi connectivity index (χ1n) is 8.41. The summed E-state index contributed by atoms with van der Waals surface area (Å²) < 4.78 is 0. The summed E-state index contributed by atoms with van der Waals surface area (Å²) in [5.41, 5.74) is 11.9. The highest BCUT2D eigenvalue weighted by Crippen LogP contribution is 2.40. The Bertz CT molecular complexity index is 641. The Kier molecular flexibility index (Phi) is 7.32. The van der Waals surface area contributed by atoms with Crippen LogP contribution in [-0.2, 0) is 4.79 Å². The van der Waals surface area contributed by atoms with Gasteiger partial charge in [0, 0.05) is 11.1 Å². The number of amides is 1. The summed E-state index contributed by atoms with van der Waals surface area (Å²) in [6, 6.07) is 7.07. The first-order chi connectivity index (χ1) is 11.1. The molecule has 0 fully saturated rings. The summed E-state index contributed by atoms with van der Waals surface area (Å²) in [6.45, 7) is 13.6. The van der Waals surface area contributed by atoms with Crippen LogP contribution in [0, 0.1) is 11.5 Å². The molecule has 0 saturated heterocycles. The van der Waals surface area contributed by atoms with Crippen LogP contribution in [0.1, 0.15) is 47.1 Å². The van der Waals surface area contributed by atoms with E-state index in [4.69, 9.17) is 17.3 Å². The second-order valence-electron chi connectivity index (χ2n) is 7.10. The summed E-state index contributed by atoms with van der Waals surface area (Å²) in [4.78, 5) is 11.8. The van der Waals surface area contributed by atoms with Crippen LogP contribution in [-0.4, -0.2) is 14.0 Å². The molecular formula is C20H28ClNOSi. The van der Waals surface area contributed by atoms with E-state index in [-0.39, 0.29) is 0 Å². The molecule has 0 saturated carbocycles. The van der Waals surface area contributed by atoms with Gasteiger partial charge in [0.25, 0.3) is 0 Å². The minimum atomic E-state index is -1.82. The van der Waals surface area contributed by atoms with Crippen molar-refractivity contribution in [3.8, 4) is 11.5 Å². The lowest BCUT2D eigenvalue weighted by Crippen LogP contribution is -2.43. The number of halogens is 1. The molecule has 0 spiro atoms. The molecule has 0 bridgehead atoms. The van der Waals surface area contributed by atoms with Crippen LogP contribution in [0.3, 0.4) is 0 Å². The standard InChI is InChI=1S/C20H28ClNOSi/c1-14(2)24(15(3)4,16(5)6)13-7-8-19(20(22)23)17-9-11-18(21)12-10-17/h8-12,14-16H,1-6H3,(H2,22,23)/b19-8-. The number of allylic oxidation sites excluding steroid dienone is 1. The highest BCUT2D eigenvalue weighted by molar-refractivity contribution is 6.90. The molecule has 0 radical (unpaired) electrons. The Morgan fingerprint density at radius 3 is 1.88 bits per heavy atom. The average molecular weight is 362 g/mol. The van der Waals surface area contributed by atoms with Gasteiger partial charge in [0.15, 0.2) is 0 Å². The third-order valence-electron chi connectivity index (χ3n) is 4.79. The van der Waals surface area contributed by atoms with Crippen LogP contribution >= 0.6 is 11.6 Å². The first kappa shape index (κ1) is 20.5. The summed E-state index contributed by atoms with van der Waals surface area (Å²) >= 11 is 5.91. The Morgan fingerprint density at radius 2 is 1.50 bits per heavy atom. The molecule has 0 heterocycles. The van der Waals surface area contributed by atoms with Gasteiger partial charge in [-0.3, -0.25) is 4.79 Å². The molecule has 0 unspecified atom stereocenters. The fourth-order valence-electron chi connectivity index (χ4n) is 3.59. The normalized spacial score (nSPS) is 12.5. The van der Waals surface area contributed by atoms with Crippen molar-refractivity contribution < 1.29 is 4.79 Å². The van der Waals surface area contributed by atoms with E-state index in [2.05, 4.69) is 53.0 Å². The summed E-state index contributed by atoms with van der Waals surface area (Å²) in [5, 5.41) is 0.625. The molecule has 0 atom stereocenters. The molecule has 0 aliphatic carbocycles. The average Bonchev–Trinajstić information content (AvgIpc) is 2.47. The van der Waals surface area contributed by atoms with Crippen LogP contribution in [0.5, 0.6) is 0 Å². The van der Waals surface area contributed by atoms with Gasteiger partial charge in [-0.2, -0.15) is 0 Å². The van der Waals surface area contributed by atoms with Gasteiger partial charge in [0.05, 0.1) is 5.57 Å². The smallest absolute Gasteiger partial charge is 0.249 e. The number of primary amides is 1. The molecule has 1 aromatic rings. The zero-order valence-electron chi connectivity index (χ0n) is 15.5. The quantitative estimate of drug-likeness (QED) is 0.424. The second kappa shape index (κ2) is 8.55. The van der Waals surface area contributed by atoms with E-state index in [9.17, 15) is 4.79 Å². The highest BCUT2D eigenvalue weighted by Gasteiger charge is 2.41. The molecule has 0 aliphatic heterocycles. The molecule has 0 aromatic heterocycles. The Labute approximate surface area is 152 Å². The number of hydrogen-bond acceptors (Lipinski definition) is 1. The van der Waals surface area contributed by atoms with Crippen LogP contribution in [0.2, 0.25) is 21.6 Å². The second-order valence-corrected chi connectivity index (χ2v) is 13.1. The Balaban J connectivity index is 3.34. The fourth-order valence-corrected chi connectivity index (χ4v) is 8.91. The minimum Gasteiger partial charge on any atom is -0.366 e. The van der Waals surface area contributed by atoms with E-state index in [1.165, 1.54) is 0 Å². The molecule has 1 amide bonds. The van der Waals surface area contributed by atoms with Crippen molar-refractivity contribution in [2.75, 3.05) is 0 Å². The third kappa shape index (κ3) is 4.52. The third-order valence-corrected chi connectivity index (χ3v) is 11.4. The number of carbonyl (C=O) groups is 1. The number of carbonyl (C=O) groups excluding carboxylic acids is 1. The summed E-state index contributed by atoms with van der Waals surface area (Å²) in [7, 11) is -1.82. The Hall–Kier alpha value is -1.50. The molecule has 1 aromatic carbocycles. The van der Waals surface area contributed by atoms with Gasteiger partial charge < -0.3 is 5.73 Å². The van der Waals surface area contributed by atoms with Crippen molar-refractivity contribution in [3.63, 3.8) is 0 Å². The van der Waals surface area contributed by atoms with E-state index in [0.717, 1.165) is 5.56 Å². The van der Waals surface area contributed by atoms with Crippen LogP contribution in [0.25, 0.3) is 5.57 Å². The molecule has 0 aliphatic rings. The number of rotatable bonds is 5. The zero-order chi connectivity index (χ0) is 18.5. The molecular weight excluding hydrogens is 334 g/mol. The Morgan fingerprint density at radius 1 is 1.04 bits per heavy atom. The molecule has 2 N–H and O–H groups in total. The maximum absolute atomic E-state index is 11.8. The summed E-state index contributed by atoms with van der Waals surface area (Å²) in [6.07, 6.45) is 1.67. The van der Waals surface area contributed by atoms with E-state index >= 15 is 0 Å². The van der Waals surface area contributed by atoms with Gasteiger partial charge >= 0.3 is 0 Å². The monoisotopic (exact) mass is 361 g/mol. The molecule has 130 valence electrons. The maximum Gasteiger partial charge on any atom is 0.249 e. The van der Waals surface area contributed by atoms with Gasteiger partial charge in [0.2, 0.25) is 5.91 Å². The molecule has 24 heavy (non-hydrogen) atoms. The zero-order valence-corrected chi connectivity index (χ0v) is 17.2. The summed E-state index contributed by atoms with van der Waals surface area (Å²) in [5.74, 6) is 2.71. The fraction of sp³-hybridized carbons (Fsp3) is 0.450. The van der Waals surface area contributed by atoms with Crippen molar-refractivity contribution in [1.29, 1.82) is 0 Å². The largest absolute Gasteiger partial charge is 0.366 e. The van der Waals surface area contributed by atoms with E-state index in [1.807, 2.05) is 0 Å². The van der Waals surface area contributed by atoms with Crippen molar-refractivity contribution in [2.45, 2.75) is 58.2 Å². The van der Waals surface area contributed by atoms with Crippen molar-refractivity contribution in [2.24, 2.45) is 5.73 Å². The van der Waals surface area contributed by atoms with Crippen LogP contribution in [0.15, 0.2) is 30.3 Å². The van der Waals surface area contributed by atoms with Gasteiger partial charge in [0.1, 0.15) is 8.07 Å². The van der Waals surface area contributed by atoms with Crippen LogP contribution in [0.4, 0.5) is 0 Å². The van der Waals surface area contributed by atoms with Gasteiger partial charge in [-0.1, -0.05) is 71.2 Å². The lowest BCUT2D eigenvalue weighted by molar-refractivity contribution is -0.112. The van der Waals surface area contributed by atoms with Crippen molar-refractivity contribution >= 4 is 31.2 Å². The first-order valence-corrected chi connectivity index (χ1v) is 11.0. The van der Waals surface area contributed by atoms with Crippen molar-refractivity contribution in [1.82, 2.24) is 0 Å². The topological polar surface area (TPSA) is 43.1 Å². The SMILES string of the molecule is CC(C)[Si](C#C/C=C(\C(N)=O)c1ccc(Cl)cc1)(C(C)C)C(C)C. The predicted molar refractivity (Wildman–Crippen MR) is 107 cm³/mol. The van der Waals surface area contributed by atoms with E-state index in [0.29, 0.717) is 27.2 Å². The lowest BCUT2D eigenvalue weighted by Gasteiger charge is -2.38. The highest BCUT2D eigenvalue weighted by atomic mass is 35.5. The van der Waals surface area contributed by atoms with Crippen LogP contribution < -0.4 is 5.73 Å². The number of nitrogens with two attached hydrogens (primary N) is 1. The van der Waals surface area contributed by atoms with E-state index in [1.54, 1.807) is 30.3 Å². The molecule has 2 nitrogen and oxygen atoms in total. The molecule has 1 rings (SSSR count). The van der Waals surface area contributed by atoms with Gasteiger partial charge in [-0.15, -0.1) is 5.54 Å². The lowest BCUT2D eigenvalue weighted by atomic mass is 10.1. The van der Waals surface area contributed by atoms with Gasteiger partial charge in [-0.05, 0) is 34.3 Å². The van der Waals surface area contributed by atoms with E-state index < -0.39 is 14.0 Å². The number of hydrogen-bond donors (Lipinski definition) is 1. The van der Waals surface area contributed by atoms with Crippen molar-refractivity contribution in [3.05, 3.63) is 40.9 Å².